The Hall–Kier alpha value is -1.89. The van der Waals surface area contributed by atoms with E-state index in [0.717, 1.165) is 18.0 Å². The van der Waals surface area contributed by atoms with Crippen LogP contribution in [0, 0.1) is 6.92 Å². The molecule has 1 aliphatic carbocycles. The van der Waals surface area contributed by atoms with Gasteiger partial charge >= 0.3 is 0 Å². The molecule has 0 aliphatic heterocycles. The van der Waals surface area contributed by atoms with E-state index in [1.54, 1.807) is 4.90 Å². The van der Waals surface area contributed by atoms with Crippen molar-refractivity contribution in [2.45, 2.75) is 37.5 Å². The molecule has 7 heteroatoms. The minimum absolute atomic E-state index is 0.0820. The number of aromatic nitrogens is 4. The third kappa shape index (κ3) is 3.47. The summed E-state index contributed by atoms with van der Waals surface area (Å²) in [6.45, 7) is 2.69. The van der Waals surface area contributed by atoms with E-state index < -0.39 is 0 Å². The van der Waals surface area contributed by atoms with Crippen LogP contribution in [0.4, 0.5) is 0 Å². The molecule has 1 aromatic heterocycles. The van der Waals surface area contributed by atoms with Crippen molar-refractivity contribution >= 4 is 17.7 Å². The van der Waals surface area contributed by atoms with E-state index in [4.69, 9.17) is 0 Å². The van der Waals surface area contributed by atoms with Gasteiger partial charge in [0.15, 0.2) is 0 Å². The second-order valence-electron chi connectivity index (χ2n) is 5.60. The zero-order valence-electron chi connectivity index (χ0n) is 12.8. The SMILES string of the molecule is Cc1ccccc1CN(C)C(=O)CSc1nnnn1C1CC1. The van der Waals surface area contributed by atoms with Crippen LogP contribution in [0.1, 0.15) is 30.0 Å². The number of amides is 1. The van der Waals surface area contributed by atoms with Crippen LogP contribution in [-0.4, -0.2) is 43.8 Å². The van der Waals surface area contributed by atoms with Gasteiger partial charge in [-0.15, -0.1) is 5.10 Å². The van der Waals surface area contributed by atoms with Gasteiger partial charge in [-0.25, -0.2) is 4.68 Å². The molecule has 0 spiro atoms. The molecule has 1 fully saturated rings. The summed E-state index contributed by atoms with van der Waals surface area (Å²) in [6.07, 6.45) is 2.25. The van der Waals surface area contributed by atoms with Crippen molar-refractivity contribution in [2.24, 2.45) is 0 Å². The van der Waals surface area contributed by atoms with Crippen molar-refractivity contribution in [1.29, 1.82) is 0 Å². The minimum Gasteiger partial charge on any atom is -0.341 e. The first kappa shape index (κ1) is 15.0. The van der Waals surface area contributed by atoms with Gasteiger partial charge in [-0.2, -0.15) is 0 Å². The average molecular weight is 317 g/mol. The van der Waals surface area contributed by atoms with E-state index in [-0.39, 0.29) is 5.91 Å². The van der Waals surface area contributed by atoms with E-state index in [9.17, 15) is 4.79 Å². The first-order chi connectivity index (χ1) is 10.6. The molecule has 116 valence electrons. The Kier molecular flexibility index (Phi) is 4.42. The van der Waals surface area contributed by atoms with Gasteiger partial charge in [0, 0.05) is 13.6 Å². The molecular weight excluding hydrogens is 298 g/mol. The fourth-order valence-electron chi connectivity index (χ4n) is 2.20. The monoisotopic (exact) mass is 317 g/mol. The summed E-state index contributed by atoms with van der Waals surface area (Å²) in [7, 11) is 1.83. The summed E-state index contributed by atoms with van der Waals surface area (Å²) >= 11 is 1.41. The zero-order valence-corrected chi connectivity index (χ0v) is 13.6. The van der Waals surface area contributed by atoms with Gasteiger partial charge in [0.2, 0.25) is 11.1 Å². The molecule has 1 saturated carbocycles. The standard InChI is InChI=1S/C15H19N5OS/c1-11-5-3-4-6-12(11)9-19(2)14(21)10-22-15-16-17-18-20(15)13-7-8-13/h3-6,13H,7-10H2,1-2H3. The first-order valence-electron chi connectivity index (χ1n) is 7.34. The Morgan fingerprint density at radius 2 is 2.18 bits per heavy atom. The maximum atomic E-state index is 12.3. The maximum absolute atomic E-state index is 12.3. The van der Waals surface area contributed by atoms with Gasteiger partial charge in [0.25, 0.3) is 0 Å². The normalized spacial score (nSPS) is 14.1. The number of hydrogen-bond acceptors (Lipinski definition) is 5. The minimum atomic E-state index is 0.0820. The molecule has 1 aliphatic rings. The predicted octanol–water partition coefficient (Wildman–Crippen LogP) is 2.07. The third-order valence-corrected chi connectivity index (χ3v) is 4.69. The molecule has 1 aromatic carbocycles. The zero-order chi connectivity index (χ0) is 15.5. The van der Waals surface area contributed by atoms with Gasteiger partial charge in [-0.1, -0.05) is 36.0 Å². The van der Waals surface area contributed by atoms with Crippen LogP contribution >= 0.6 is 11.8 Å². The summed E-state index contributed by atoms with van der Waals surface area (Å²) in [4.78, 5) is 14.0. The second-order valence-corrected chi connectivity index (χ2v) is 6.54. The molecule has 0 radical (unpaired) electrons. The van der Waals surface area contributed by atoms with Crippen molar-refractivity contribution in [3.05, 3.63) is 35.4 Å². The van der Waals surface area contributed by atoms with Gasteiger partial charge < -0.3 is 4.90 Å². The lowest BCUT2D eigenvalue weighted by atomic mass is 10.1. The van der Waals surface area contributed by atoms with Crippen molar-refractivity contribution in [3.63, 3.8) is 0 Å². The molecule has 0 atom stereocenters. The van der Waals surface area contributed by atoms with E-state index >= 15 is 0 Å². The molecule has 22 heavy (non-hydrogen) atoms. The van der Waals surface area contributed by atoms with Crippen LogP contribution in [0.2, 0.25) is 0 Å². The summed E-state index contributed by atoms with van der Waals surface area (Å²) in [5.41, 5.74) is 2.37. The van der Waals surface area contributed by atoms with Gasteiger partial charge in [-0.3, -0.25) is 4.79 Å². The third-order valence-electron chi connectivity index (χ3n) is 3.77. The number of aryl methyl sites for hydroxylation is 1. The first-order valence-corrected chi connectivity index (χ1v) is 8.33. The Morgan fingerprint density at radius 1 is 1.41 bits per heavy atom. The number of tetrazole rings is 1. The van der Waals surface area contributed by atoms with Crippen molar-refractivity contribution < 1.29 is 4.79 Å². The van der Waals surface area contributed by atoms with Gasteiger partial charge in [0.05, 0.1) is 11.8 Å². The topological polar surface area (TPSA) is 63.9 Å². The Balaban J connectivity index is 1.55. The summed E-state index contributed by atoms with van der Waals surface area (Å²) in [5.74, 6) is 0.439. The number of carbonyl (C=O) groups excluding carboxylic acids is 1. The van der Waals surface area contributed by atoms with E-state index in [1.807, 2.05) is 23.9 Å². The maximum Gasteiger partial charge on any atom is 0.233 e. The molecule has 0 saturated heterocycles. The van der Waals surface area contributed by atoms with Crippen LogP contribution in [0.15, 0.2) is 29.4 Å². The number of rotatable bonds is 6. The average Bonchev–Trinajstić information content (AvgIpc) is 3.25. The van der Waals surface area contributed by atoms with E-state index in [0.29, 0.717) is 18.3 Å². The van der Waals surface area contributed by atoms with Crippen LogP contribution < -0.4 is 0 Å². The molecule has 0 bridgehead atoms. The molecule has 1 heterocycles. The van der Waals surface area contributed by atoms with Crippen molar-refractivity contribution in [1.82, 2.24) is 25.1 Å². The van der Waals surface area contributed by atoms with Crippen molar-refractivity contribution in [2.75, 3.05) is 12.8 Å². The summed E-state index contributed by atoms with van der Waals surface area (Å²) in [6, 6.07) is 8.55. The molecule has 6 nitrogen and oxygen atoms in total. The molecule has 2 aromatic rings. The molecule has 3 rings (SSSR count). The second kappa shape index (κ2) is 6.48. The Morgan fingerprint density at radius 3 is 2.91 bits per heavy atom. The number of carbonyl (C=O) groups is 1. The van der Waals surface area contributed by atoms with Gasteiger partial charge in [0.1, 0.15) is 0 Å². The Bertz CT molecular complexity index is 667. The molecular formula is C15H19N5OS. The number of nitrogens with zero attached hydrogens (tertiary/aromatic N) is 5. The number of hydrogen-bond donors (Lipinski definition) is 0. The smallest absolute Gasteiger partial charge is 0.233 e. The lowest BCUT2D eigenvalue weighted by Gasteiger charge is -2.18. The molecule has 0 N–H and O–H groups in total. The van der Waals surface area contributed by atoms with Crippen LogP contribution in [0.25, 0.3) is 0 Å². The molecule has 0 unspecified atom stereocenters. The van der Waals surface area contributed by atoms with Crippen LogP contribution in [0.5, 0.6) is 0 Å². The number of thioether (sulfide) groups is 1. The lowest BCUT2D eigenvalue weighted by Crippen LogP contribution is -2.28. The highest BCUT2D eigenvalue weighted by Crippen LogP contribution is 2.36. The highest BCUT2D eigenvalue weighted by molar-refractivity contribution is 7.99. The van der Waals surface area contributed by atoms with E-state index in [1.165, 1.54) is 22.9 Å². The summed E-state index contributed by atoms with van der Waals surface area (Å²) < 4.78 is 1.83. The van der Waals surface area contributed by atoms with Gasteiger partial charge in [-0.05, 0) is 41.3 Å². The fraction of sp³-hybridized carbons (Fsp3) is 0.467. The largest absolute Gasteiger partial charge is 0.341 e. The van der Waals surface area contributed by atoms with Crippen LogP contribution in [-0.2, 0) is 11.3 Å². The Labute approximate surface area is 133 Å². The molecule has 1 amide bonds. The van der Waals surface area contributed by atoms with Crippen molar-refractivity contribution in [3.8, 4) is 0 Å². The predicted molar refractivity (Wildman–Crippen MR) is 84.5 cm³/mol. The number of benzene rings is 1. The quantitative estimate of drug-likeness (QED) is 0.763. The van der Waals surface area contributed by atoms with Crippen LogP contribution in [0.3, 0.4) is 0 Å². The highest BCUT2D eigenvalue weighted by Gasteiger charge is 2.28. The highest BCUT2D eigenvalue weighted by atomic mass is 32.2. The van der Waals surface area contributed by atoms with E-state index in [2.05, 4.69) is 34.6 Å². The fourth-order valence-corrected chi connectivity index (χ4v) is 3.08. The lowest BCUT2D eigenvalue weighted by molar-refractivity contribution is -0.127. The summed E-state index contributed by atoms with van der Waals surface area (Å²) in [5, 5.41) is 12.4.